The molecule has 1 aliphatic rings. The summed E-state index contributed by atoms with van der Waals surface area (Å²) in [5, 5.41) is 2.17. The smallest absolute Gasteiger partial charge is 0.223 e. The number of hydrogen-bond donors (Lipinski definition) is 0. The van der Waals surface area contributed by atoms with Crippen molar-refractivity contribution in [3.8, 4) is 11.5 Å². The quantitative estimate of drug-likeness (QED) is 0.376. The Morgan fingerprint density at radius 3 is 2.44 bits per heavy atom. The maximum Gasteiger partial charge on any atom is 0.223 e. The van der Waals surface area contributed by atoms with Gasteiger partial charge in [-0.05, 0) is 48.7 Å². The Morgan fingerprint density at radius 2 is 1.66 bits per heavy atom. The highest BCUT2D eigenvalue weighted by atomic mass is 16.5. The molecule has 5 heteroatoms. The molecule has 0 aliphatic carbocycles. The van der Waals surface area contributed by atoms with Crippen LogP contribution in [-0.2, 0) is 11.3 Å². The fourth-order valence-electron chi connectivity index (χ4n) is 4.86. The number of methoxy groups -OCH3 is 2. The minimum absolute atomic E-state index is 0.104. The van der Waals surface area contributed by atoms with Crippen LogP contribution in [0.2, 0.25) is 0 Å². The molecule has 1 aliphatic heterocycles. The molecule has 4 aromatic rings. The number of carbonyl (C=O) groups excluding carboxylic acids is 1. The maximum atomic E-state index is 13.3. The summed E-state index contributed by atoms with van der Waals surface area (Å²) in [4.78, 5) is 15.3. The van der Waals surface area contributed by atoms with Gasteiger partial charge in [-0.1, -0.05) is 36.8 Å². The molecule has 3 aromatic carbocycles. The molecular formula is C27H27NO4. The molecule has 0 radical (unpaired) electrons. The molecule has 0 bridgehead atoms. The molecule has 1 fully saturated rings. The number of carbonyl (C=O) groups is 1. The van der Waals surface area contributed by atoms with E-state index in [1.165, 1.54) is 0 Å². The van der Waals surface area contributed by atoms with E-state index in [9.17, 15) is 4.79 Å². The molecule has 0 N–H and O–H groups in total. The Morgan fingerprint density at radius 1 is 0.906 bits per heavy atom. The van der Waals surface area contributed by atoms with E-state index >= 15 is 0 Å². The Kier molecular flexibility index (Phi) is 5.48. The monoisotopic (exact) mass is 429 g/mol. The summed E-state index contributed by atoms with van der Waals surface area (Å²) in [6.45, 7) is 0.528. The molecule has 1 amide bonds. The Bertz CT molecular complexity index is 1250. The molecular weight excluding hydrogens is 402 g/mol. The van der Waals surface area contributed by atoms with Gasteiger partial charge < -0.3 is 18.8 Å². The average Bonchev–Trinajstić information content (AvgIpc) is 3.10. The van der Waals surface area contributed by atoms with Crippen molar-refractivity contribution >= 4 is 27.8 Å². The van der Waals surface area contributed by atoms with E-state index < -0.39 is 0 Å². The highest BCUT2D eigenvalue weighted by molar-refractivity contribution is 6.05. The summed E-state index contributed by atoms with van der Waals surface area (Å²) in [7, 11) is 3.33. The van der Waals surface area contributed by atoms with Crippen LogP contribution >= 0.6 is 0 Å². The van der Waals surface area contributed by atoms with Gasteiger partial charge in [-0.3, -0.25) is 4.79 Å². The Balaban J connectivity index is 1.57. The maximum absolute atomic E-state index is 13.3. The number of fused-ring (bicyclic) bond motifs is 3. The molecule has 5 nitrogen and oxygen atoms in total. The van der Waals surface area contributed by atoms with Crippen LogP contribution in [0.5, 0.6) is 11.5 Å². The van der Waals surface area contributed by atoms with Gasteiger partial charge in [-0.15, -0.1) is 0 Å². The first-order valence-electron chi connectivity index (χ1n) is 11.1. The van der Waals surface area contributed by atoms with E-state index in [0.717, 1.165) is 63.8 Å². The standard InChI is InChI=1S/C27H27NO4/c1-30-24-11-7-12-25(31-2)27(24)21-9-4-6-13-26(29)28(21)17-18-14-15-23-20(16-18)19-8-3-5-10-22(19)32-23/h3,5,7-8,10-12,14-16,21H,4,6,9,13,17H2,1-2H3. The zero-order valence-corrected chi connectivity index (χ0v) is 18.5. The minimum atomic E-state index is -0.104. The molecule has 2 heterocycles. The lowest BCUT2D eigenvalue weighted by molar-refractivity contribution is -0.133. The minimum Gasteiger partial charge on any atom is -0.496 e. The van der Waals surface area contributed by atoms with Gasteiger partial charge in [0.05, 0.1) is 25.8 Å². The predicted octanol–water partition coefficient (Wildman–Crippen LogP) is 6.25. The lowest BCUT2D eigenvalue weighted by Crippen LogP contribution is -2.33. The van der Waals surface area contributed by atoms with Gasteiger partial charge in [-0.25, -0.2) is 0 Å². The van der Waals surface area contributed by atoms with Crippen molar-refractivity contribution in [2.24, 2.45) is 0 Å². The second kappa shape index (κ2) is 8.58. The fraction of sp³-hybridized carbons (Fsp3) is 0.296. The number of ether oxygens (including phenoxy) is 2. The van der Waals surface area contributed by atoms with Gasteiger partial charge >= 0.3 is 0 Å². The van der Waals surface area contributed by atoms with Crippen LogP contribution in [0.25, 0.3) is 21.9 Å². The van der Waals surface area contributed by atoms with Gasteiger partial charge in [0.1, 0.15) is 22.7 Å². The van der Waals surface area contributed by atoms with Crippen LogP contribution in [0.4, 0.5) is 0 Å². The number of furan rings is 1. The first kappa shape index (κ1) is 20.4. The lowest BCUT2D eigenvalue weighted by atomic mass is 9.97. The highest BCUT2D eigenvalue weighted by Crippen LogP contribution is 2.42. The normalized spacial score (nSPS) is 17.0. The van der Waals surface area contributed by atoms with Crippen molar-refractivity contribution < 1.29 is 18.7 Å². The Hall–Kier alpha value is -3.47. The second-order valence-electron chi connectivity index (χ2n) is 8.29. The number of nitrogens with zero attached hydrogens (tertiary/aromatic N) is 1. The van der Waals surface area contributed by atoms with Crippen LogP contribution in [-0.4, -0.2) is 25.0 Å². The van der Waals surface area contributed by atoms with Crippen molar-refractivity contribution in [3.05, 3.63) is 71.8 Å². The first-order valence-corrected chi connectivity index (χ1v) is 11.1. The third-order valence-electron chi connectivity index (χ3n) is 6.41. The number of amides is 1. The summed E-state index contributed by atoms with van der Waals surface area (Å²) < 4.78 is 17.3. The largest absolute Gasteiger partial charge is 0.496 e. The van der Waals surface area contributed by atoms with Crippen LogP contribution < -0.4 is 9.47 Å². The van der Waals surface area contributed by atoms with Crippen molar-refractivity contribution in [1.29, 1.82) is 0 Å². The number of benzene rings is 3. The van der Waals surface area contributed by atoms with E-state index in [-0.39, 0.29) is 11.9 Å². The summed E-state index contributed by atoms with van der Waals surface area (Å²) in [5.41, 5.74) is 3.77. The van der Waals surface area contributed by atoms with E-state index in [1.807, 2.05) is 47.4 Å². The van der Waals surface area contributed by atoms with E-state index in [0.29, 0.717) is 13.0 Å². The molecule has 1 aromatic heterocycles. The van der Waals surface area contributed by atoms with Gasteiger partial charge in [0.2, 0.25) is 5.91 Å². The van der Waals surface area contributed by atoms with Crippen LogP contribution in [0.15, 0.2) is 65.1 Å². The molecule has 1 atom stereocenters. The van der Waals surface area contributed by atoms with E-state index in [2.05, 4.69) is 18.2 Å². The molecule has 1 unspecified atom stereocenters. The molecule has 5 rings (SSSR count). The van der Waals surface area contributed by atoms with Gasteiger partial charge in [0.25, 0.3) is 0 Å². The average molecular weight is 430 g/mol. The molecule has 1 saturated heterocycles. The summed E-state index contributed by atoms with van der Waals surface area (Å²) >= 11 is 0. The molecule has 164 valence electrons. The van der Waals surface area contributed by atoms with Gasteiger partial charge in [0.15, 0.2) is 0 Å². The van der Waals surface area contributed by atoms with Crippen molar-refractivity contribution in [1.82, 2.24) is 4.90 Å². The van der Waals surface area contributed by atoms with Gasteiger partial charge in [-0.2, -0.15) is 0 Å². The second-order valence-corrected chi connectivity index (χ2v) is 8.29. The van der Waals surface area contributed by atoms with Crippen LogP contribution in [0.1, 0.15) is 42.9 Å². The number of rotatable bonds is 5. The van der Waals surface area contributed by atoms with E-state index in [4.69, 9.17) is 13.9 Å². The molecule has 0 saturated carbocycles. The fourth-order valence-corrected chi connectivity index (χ4v) is 4.86. The molecule has 0 spiro atoms. The SMILES string of the molecule is COc1cccc(OC)c1C1CCCCC(=O)N1Cc1ccc2oc3ccccc3c2c1. The number of likely N-dealkylation sites (tertiary alicyclic amines) is 1. The van der Waals surface area contributed by atoms with E-state index in [1.54, 1.807) is 14.2 Å². The van der Waals surface area contributed by atoms with Crippen LogP contribution in [0, 0.1) is 0 Å². The van der Waals surface area contributed by atoms with Crippen LogP contribution in [0.3, 0.4) is 0 Å². The van der Waals surface area contributed by atoms with Gasteiger partial charge in [0, 0.05) is 23.7 Å². The lowest BCUT2D eigenvalue weighted by Gasteiger charge is -2.32. The summed E-state index contributed by atoms with van der Waals surface area (Å²) in [6, 6.07) is 20.0. The topological polar surface area (TPSA) is 51.9 Å². The third-order valence-corrected chi connectivity index (χ3v) is 6.41. The molecule has 32 heavy (non-hydrogen) atoms. The number of para-hydroxylation sites is 1. The third kappa shape index (κ3) is 3.58. The highest BCUT2D eigenvalue weighted by Gasteiger charge is 2.32. The predicted molar refractivity (Wildman–Crippen MR) is 125 cm³/mol. The first-order chi connectivity index (χ1) is 15.7. The van der Waals surface area contributed by atoms with Crippen molar-refractivity contribution in [2.75, 3.05) is 14.2 Å². The van der Waals surface area contributed by atoms with Crippen molar-refractivity contribution in [2.45, 2.75) is 38.3 Å². The summed E-state index contributed by atoms with van der Waals surface area (Å²) in [6.07, 6.45) is 3.32. The summed E-state index contributed by atoms with van der Waals surface area (Å²) in [5.74, 6) is 1.67. The zero-order chi connectivity index (χ0) is 22.1. The zero-order valence-electron chi connectivity index (χ0n) is 18.5. The Labute approximate surface area is 187 Å². The van der Waals surface area contributed by atoms with Crippen molar-refractivity contribution in [3.63, 3.8) is 0 Å². The number of hydrogen-bond acceptors (Lipinski definition) is 4.